The molecule has 0 bridgehead atoms. The van der Waals surface area contributed by atoms with Gasteiger partial charge in [-0.2, -0.15) is 0 Å². The summed E-state index contributed by atoms with van der Waals surface area (Å²) in [4.78, 5) is 0. The minimum atomic E-state index is -1.24. The number of halogens is 3. The van der Waals surface area contributed by atoms with E-state index >= 15 is 0 Å². The highest BCUT2D eigenvalue weighted by Crippen LogP contribution is 1.95. The molecule has 0 N–H and O–H groups in total. The zero-order valence-electron chi connectivity index (χ0n) is 3.13. The molecular weight excluding hydrogens is 201 g/mol. The second kappa shape index (κ2) is 3.77. The molecule has 0 spiro atoms. The SMILES string of the molecule is FCC(F)CI. The van der Waals surface area contributed by atoms with Gasteiger partial charge in [-0.05, 0) is 0 Å². The topological polar surface area (TPSA) is 0 Å². The van der Waals surface area contributed by atoms with Crippen molar-refractivity contribution in [3.05, 3.63) is 0 Å². The summed E-state index contributed by atoms with van der Waals surface area (Å²) in [7, 11) is 0. The minimum Gasteiger partial charge on any atom is -0.248 e. The third-order valence-electron chi connectivity index (χ3n) is 0.335. The molecule has 0 radical (unpaired) electrons. The van der Waals surface area contributed by atoms with E-state index in [1.54, 1.807) is 22.6 Å². The summed E-state index contributed by atoms with van der Waals surface area (Å²) < 4.78 is 22.7. The van der Waals surface area contributed by atoms with Crippen molar-refractivity contribution < 1.29 is 8.78 Å². The Morgan fingerprint density at radius 1 is 1.67 bits per heavy atom. The number of alkyl halides is 3. The van der Waals surface area contributed by atoms with Crippen LogP contribution in [0.15, 0.2) is 0 Å². The maximum absolute atomic E-state index is 11.5. The lowest BCUT2D eigenvalue weighted by molar-refractivity contribution is 0.289. The summed E-state index contributed by atoms with van der Waals surface area (Å²) in [5.41, 5.74) is 0. The molecule has 0 rings (SSSR count). The van der Waals surface area contributed by atoms with Gasteiger partial charge in [-0.15, -0.1) is 0 Å². The number of hydrogen-bond acceptors (Lipinski definition) is 0. The molecule has 0 aromatic rings. The lowest BCUT2D eigenvalue weighted by atomic mass is 10.5. The first-order valence-corrected chi connectivity index (χ1v) is 3.09. The van der Waals surface area contributed by atoms with Crippen LogP contribution in [0, 0.1) is 0 Å². The van der Waals surface area contributed by atoms with Gasteiger partial charge in [0.1, 0.15) is 12.8 Å². The first kappa shape index (κ1) is 6.59. The fourth-order valence-electron chi connectivity index (χ4n) is 0.0412. The molecule has 3 heteroatoms. The molecule has 1 unspecified atom stereocenters. The van der Waals surface area contributed by atoms with Gasteiger partial charge in [0.2, 0.25) is 0 Å². The first-order chi connectivity index (χ1) is 2.81. The van der Waals surface area contributed by atoms with Crippen LogP contribution in [0.3, 0.4) is 0 Å². The lowest BCUT2D eigenvalue weighted by Crippen LogP contribution is -2.01. The van der Waals surface area contributed by atoms with Crippen molar-refractivity contribution in [2.24, 2.45) is 0 Å². The quantitative estimate of drug-likeness (QED) is 0.476. The van der Waals surface area contributed by atoms with Crippen LogP contribution in [0.5, 0.6) is 0 Å². The standard InChI is InChI=1S/C3H5F2I/c4-1-3(5)2-6/h3H,1-2H2. The van der Waals surface area contributed by atoms with Gasteiger partial charge in [-0.25, -0.2) is 8.78 Å². The zero-order valence-corrected chi connectivity index (χ0v) is 5.28. The molecule has 0 saturated carbocycles. The van der Waals surface area contributed by atoms with Crippen LogP contribution in [0.2, 0.25) is 0 Å². The van der Waals surface area contributed by atoms with Crippen molar-refractivity contribution in [3.8, 4) is 0 Å². The molecule has 0 nitrogen and oxygen atoms in total. The van der Waals surface area contributed by atoms with Crippen LogP contribution in [0.25, 0.3) is 0 Å². The highest BCUT2D eigenvalue weighted by molar-refractivity contribution is 14.1. The molecular formula is C3H5F2I. The molecule has 38 valence electrons. The summed E-state index contributed by atoms with van der Waals surface area (Å²) in [6, 6.07) is 0. The van der Waals surface area contributed by atoms with E-state index < -0.39 is 12.8 Å². The maximum Gasteiger partial charge on any atom is 0.137 e. The van der Waals surface area contributed by atoms with E-state index in [0.29, 0.717) is 0 Å². The molecule has 0 saturated heterocycles. The van der Waals surface area contributed by atoms with Gasteiger partial charge in [0.05, 0.1) is 0 Å². The summed E-state index contributed by atoms with van der Waals surface area (Å²) in [5.74, 6) is 0. The third-order valence-corrected chi connectivity index (χ3v) is 1.29. The second-order valence-electron chi connectivity index (χ2n) is 0.906. The van der Waals surface area contributed by atoms with Crippen LogP contribution in [0.4, 0.5) is 8.78 Å². The summed E-state index contributed by atoms with van der Waals surface area (Å²) in [6.07, 6.45) is -1.24. The Morgan fingerprint density at radius 2 is 2.17 bits per heavy atom. The average Bonchev–Trinajstić information content (AvgIpc) is 1.65. The molecule has 0 amide bonds. The zero-order chi connectivity index (χ0) is 4.99. The van der Waals surface area contributed by atoms with Gasteiger partial charge in [0.15, 0.2) is 0 Å². The van der Waals surface area contributed by atoms with Crippen LogP contribution >= 0.6 is 22.6 Å². The van der Waals surface area contributed by atoms with Crippen molar-refractivity contribution in [1.29, 1.82) is 0 Å². The van der Waals surface area contributed by atoms with Crippen LogP contribution in [0.1, 0.15) is 0 Å². The Balaban J connectivity index is 2.75. The van der Waals surface area contributed by atoms with Crippen molar-refractivity contribution in [2.75, 3.05) is 11.1 Å². The van der Waals surface area contributed by atoms with E-state index in [1.165, 1.54) is 0 Å². The molecule has 0 aliphatic carbocycles. The van der Waals surface area contributed by atoms with Gasteiger partial charge >= 0.3 is 0 Å². The third kappa shape index (κ3) is 2.81. The Hall–Kier alpha value is 0.590. The van der Waals surface area contributed by atoms with Gasteiger partial charge in [0, 0.05) is 4.43 Å². The van der Waals surface area contributed by atoms with Crippen molar-refractivity contribution in [3.63, 3.8) is 0 Å². The highest BCUT2D eigenvalue weighted by atomic mass is 127. The van der Waals surface area contributed by atoms with E-state index in [4.69, 9.17) is 0 Å². The molecule has 6 heavy (non-hydrogen) atoms. The molecule has 0 aliphatic rings. The van der Waals surface area contributed by atoms with E-state index in [9.17, 15) is 8.78 Å². The largest absolute Gasteiger partial charge is 0.248 e. The van der Waals surface area contributed by atoms with Crippen molar-refractivity contribution in [1.82, 2.24) is 0 Å². The van der Waals surface area contributed by atoms with E-state index in [-0.39, 0.29) is 4.43 Å². The van der Waals surface area contributed by atoms with Crippen LogP contribution in [-0.2, 0) is 0 Å². The van der Waals surface area contributed by atoms with Crippen molar-refractivity contribution >= 4 is 22.6 Å². The predicted octanol–water partition coefficient (Wildman–Crippen LogP) is 1.73. The molecule has 0 aromatic heterocycles. The fraction of sp³-hybridized carbons (Fsp3) is 1.00. The van der Waals surface area contributed by atoms with E-state index in [0.717, 1.165) is 0 Å². The number of hydrogen-bond donors (Lipinski definition) is 0. The smallest absolute Gasteiger partial charge is 0.137 e. The number of rotatable bonds is 2. The van der Waals surface area contributed by atoms with Crippen LogP contribution < -0.4 is 0 Å². The Labute approximate surface area is 49.1 Å². The second-order valence-corrected chi connectivity index (χ2v) is 1.79. The van der Waals surface area contributed by atoms with Gasteiger partial charge < -0.3 is 0 Å². The summed E-state index contributed by atoms with van der Waals surface area (Å²) in [5, 5.41) is 0. The van der Waals surface area contributed by atoms with Crippen molar-refractivity contribution in [2.45, 2.75) is 6.17 Å². The van der Waals surface area contributed by atoms with E-state index in [2.05, 4.69) is 0 Å². The maximum atomic E-state index is 11.5. The molecule has 0 aliphatic heterocycles. The van der Waals surface area contributed by atoms with Gasteiger partial charge in [-0.3, -0.25) is 0 Å². The fourth-order valence-corrected chi connectivity index (χ4v) is 0.277. The Morgan fingerprint density at radius 3 is 2.17 bits per heavy atom. The molecule has 0 fully saturated rings. The minimum absolute atomic E-state index is 0.258. The predicted molar refractivity (Wildman–Crippen MR) is 29.8 cm³/mol. The molecule has 0 heterocycles. The average molecular weight is 206 g/mol. The Bertz CT molecular complexity index is 28.0. The van der Waals surface area contributed by atoms with Gasteiger partial charge in [-0.1, -0.05) is 22.6 Å². The van der Waals surface area contributed by atoms with Crippen LogP contribution in [-0.4, -0.2) is 17.3 Å². The first-order valence-electron chi connectivity index (χ1n) is 1.57. The highest BCUT2D eigenvalue weighted by Gasteiger charge is 1.98. The molecule has 0 aromatic carbocycles. The lowest BCUT2D eigenvalue weighted by Gasteiger charge is -1.90. The normalized spacial score (nSPS) is 14.5. The monoisotopic (exact) mass is 206 g/mol. The summed E-state index contributed by atoms with van der Waals surface area (Å²) in [6.45, 7) is -0.844. The molecule has 1 atom stereocenters. The summed E-state index contributed by atoms with van der Waals surface area (Å²) >= 11 is 1.80. The van der Waals surface area contributed by atoms with E-state index in [1.807, 2.05) is 0 Å². The van der Waals surface area contributed by atoms with Gasteiger partial charge in [0.25, 0.3) is 0 Å². The Kier molecular flexibility index (Phi) is 4.14.